The maximum atomic E-state index is 11.8. The molecule has 92 valence electrons. The van der Waals surface area contributed by atoms with Gasteiger partial charge in [0.1, 0.15) is 0 Å². The molecule has 0 fully saturated rings. The number of methoxy groups -OCH3 is 1. The fourth-order valence-corrected chi connectivity index (χ4v) is 1.42. The quantitative estimate of drug-likeness (QED) is 0.882. The summed E-state index contributed by atoms with van der Waals surface area (Å²) in [6.07, 6.45) is 4.87. The molecule has 1 N–H and O–H groups in total. The van der Waals surface area contributed by atoms with Gasteiger partial charge in [0.05, 0.1) is 12.7 Å². The monoisotopic (exact) mass is 243 g/mol. The van der Waals surface area contributed by atoms with Crippen molar-refractivity contribution in [2.45, 2.75) is 6.54 Å². The first-order valence-electron chi connectivity index (χ1n) is 5.47. The highest BCUT2D eigenvalue weighted by Crippen LogP contribution is 2.06. The lowest BCUT2D eigenvalue weighted by Gasteiger charge is -2.05. The average Bonchev–Trinajstić information content (AvgIpc) is 2.46. The molecule has 18 heavy (non-hydrogen) atoms. The number of ether oxygens (including phenoxy) is 1. The summed E-state index contributed by atoms with van der Waals surface area (Å²) in [6, 6.07) is 7.04. The highest BCUT2D eigenvalue weighted by Gasteiger charge is 2.05. The van der Waals surface area contributed by atoms with Crippen LogP contribution in [0.4, 0.5) is 0 Å². The lowest BCUT2D eigenvalue weighted by molar-refractivity contribution is 0.0950. The lowest BCUT2D eigenvalue weighted by atomic mass is 10.2. The molecule has 0 aliphatic heterocycles. The minimum atomic E-state index is -0.165. The maximum absolute atomic E-state index is 11.8. The molecule has 5 heteroatoms. The van der Waals surface area contributed by atoms with E-state index in [0.29, 0.717) is 18.0 Å². The second kappa shape index (κ2) is 5.77. The van der Waals surface area contributed by atoms with Crippen LogP contribution in [0.15, 0.2) is 42.9 Å². The first kappa shape index (κ1) is 12.0. The standard InChI is InChI=1S/C13H13N3O2/c1-18-12-3-2-11(9-15-12)13(17)16-8-10-4-6-14-7-5-10/h2-7,9H,8H2,1H3,(H,16,17). The molecule has 0 saturated heterocycles. The van der Waals surface area contributed by atoms with E-state index in [-0.39, 0.29) is 5.91 Å². The molecule has 0 radical (unpaired) electrons. The Morgan fingerprint density at radius 1 is 1.28 bits per heavy atom. The van der Waals surface area contributed by atoms with Crippen LogP contribution in [0.25, 0.3) is 0 Å². The van der Waals surface area contributed by atoms with E-state index in [2.05, 4.69) is 15.3 Å². The summed E-state index contributed by atoms with van der Waals surface area (Å²) in [5.74, 6) is 0.322. The number of rotatable bonds is 4. The lowest BCUT2D eigenvalue weighted by Crippen LogP contribution is -2.22. The molecular weight excluding hydrogens is 230 g/mol. The maximum Gasteiger partial charge on any atom is 0.253 e. The Morgan fingerprint density at radius 3 is 2.67 bits per heavy atom. The SMILES string of the molecule is COc1ccc(C(=O)NCc2ccncc2)cn1. The molecule has 5 nitrogen and oxygen atoms in total. The minimum absolute atomic E-state index is 0.165. The van der Waals surface area contributed by atoms with Crippen LogP contribution in [0.5, 0.6) is 5.88 Å². The van der Waals surface area contributed by atoms with Crippen molar-refractivity contribution in [3.05, 3.63) is 54.0 Å². The van der Waals surface area contributed by atoms with Gasteiger partial charge in [-0.2, -0.15) is 0 Å². The van der Waals surface area contributed by atoms with Crippen molar-refractivity contribution in [3.63, 3.8) is 0 Å². The number of hydrogen-bond acceptors (Lipinski definition) is 4. The molecular formula is C13H13N3O2. The van der Waals surface area contributed by atoms with Crippen LogP contribution in [0.2, 0.25) is 0 Å². The Balaban J connectivity index is 1.95. The average molecular weight is 243 g/mol. The zero-order chi connectivity index (χ0) is 12.8. The molecule has 0 saturated carbocycles. The zero-order valence-electron chi connectivity index (χ0n) is 9.96. The van der Waals surface area contributed by atoms with Gasteiger partial charge in [-0.1, -0.05) is 0 Å². The van der Waals surface area contributed by atoms with Crippen LogP contribution < -0.4 is 10.1 Å². The molecule has 0 bridgehead atoms. The largest absolute Gasteiger partial charge is 0.481 e. The second-order valence-corrected chi connectivity index (χ2v) is 3.63. The topological polar surface area (TPSA) is 64.1 Å². The fraction of sp³-hybridized carbons (Fsp3) is 0.154. The van der Waals surface area contributed by atoms with E-state index in [1.807, 2.05) is 12.1 Å². The fourth-order valence-electron chi connectivity index (χ4n) is 1.42. The Hall–Kier alpha value is -2.43. The van der Waals surface area contributed by atoms with Crippen LogP contribution in [0.3, 0.4) is 0 Å². The van der Waals surface area contributed by atoms with Gasteiger partial charge in [-0.05, 0) is 23.8 Å². The molecule has 2 heterocycles. The number of nitrogens with zero attached hydrogens (tertiary/aromatic N) is 2. The molecule has 2 aromatic heterocycles. The summed E-state index contributed by atoms with van der Waals surface area (Å²) < 4.78 is 4.93. The first-order valence-corrected chi connectivity index (χ1v) is 5.47. The van der Waals surface area contributed by atoms with Crippen LogP contribution in [-0.2, 0) is 6.54 Å². The number of carbonyl (C=O) groups is 1. The van der Waals surface area contributed by atoms with E-state index in [1.165, 1.54) is 13.3 Å². The molecule has 0 aliphatic rings. The summed E-state index contributed by atoms with van der Waals surface area (Å²) in [6.45, 7) is 0.466. The number of hydrogen-bond donors (Lipinski definition) is 1. The highest BCUT2D eigenvalue weighted by atomic mass is 16.5. The third-order valence-corrected chi connectivity index (χ3v) is 2.41. The smallest absolute Gasteiger partial charge is 0.253 e. The third kappa shape index (κ3) is 3.04. The van der Waals surface area contributed by atoms with E-state index in [0.717, 1.165) is 5.56 Å². The molecule has 0 atom stereocenters. The van der Waals surface area contributed by atoms with Crippen molar-refractivity contribution in [1.82, 2.24) is 15.3 Å². The van der Waals surface area contributed by atoms with Gasteiger partial charge >= 0.3 is 0 Å². The second-order valence-electron chi connectivity index (χ2n) is 3.63. The number of nitrogens with one attached hydrogen (secondary N) is 1. The Bertz CT molecular complexity index is 512. The van der Waals surface area contributed by atoms with Gasteiger partial charge in [0.15, 0.2) is 0 Å². The molecule has 0 spiro atoms. The Kier molecular flexibility index (Phi) is 3.86. The van der Waals surface area contributed by atoms with Crippen molar-refractivity contribution in [1.29, 1.82) is 0 Å². The molecule has 0 unspecified atom stereocenters. The summed E-state index contributed by atoms with van der Waals surface area (Å²) in [4.78, 5) is 19.7. The van der Waals surface area contributed by atoms with Crippen LogP contribution in [0, 0.1) is 0 Å². The minimum Gasteiger partial charge on any atom is -0.481 e. The summed E-state index contributed by atoms with van der Waals surface area (Å²) in [5, 5.41) is 2.81. The van der Waals surface area contributed by atoms with Crippen LogP contribution in [-0.4, -0.2) is 23.0 Å². The Morgan fingerprint density at radius 2 is 2.06 bits per heavy atom. The Labute approximate surface area is 105 Å². The third-order valence-electron chi connectivity index (χ3n) is 2.41. The van der Waals surface area contributed by atoms with Crippen molar-refractivity contribution < 1.29 is 9.53 Å². The van der Waals surface area contributed by atoms with Crippen molar-refractivity contribution in [2.75, 3.05) is 7.11 Å². The van der Waals surface area contributed by atoms with Crippen molar-refractivity contribution in [3.8, 4) is 5.88 Å². The summed E-state index contributed by atoms with van der Waals surface area (Å²) in [5.41, 5.74) is 1.50. The van der Waals surface area contributed by atoms with Gasteiger partial charge in [0.2, 0.25) is 5.88 Å². The highest BCUT2D eigenvalue weighted by molar-refractivity contribution is 5.93. The number of amides is 1. The van der Waals surface area contributed by atoms with Crippen LogP contribution >= 0.6 is 0 Å². The van der Waals surface area contributed by atoms with Crippen molar-refractivity contribution >= 4 is 5.91 Å². The number of carbonyl (C=O) groups excluding carboxylic acids is 1. The summed E-state index contributed by atoms with van der Waals surface area (Å²) in [7, 11) is 1.53. The van der Waals surface area contributed by atoms with E-state index in [4.69, 9.17) is 4.74 Å². The number of aromatic nitrogens is 2. The van der Waals surface area contributed by atoms with E-state index < -0.39 is 0 Å². The molecule has 0 aliphatic carbocycles. The summed E-state index contributed by atoms with van der Waals surface area (Å²) >= 11 is 0. The van der Waals surface area contributed by atoms with Gasteiger partial charge in [-0.15, -0.1) is 0 Å². The van der Waals surface area contributed by atoms with E-state index in [1.54, 1.807) is 24.5 Å². The van der Waals surface area contributed by atoms with Gasteiger partial charge in [0, 0.05) is 31.2 Å². The van der Waals surface area contributed by atoms with Crippen LogP contribution in [0.1, 0.15) is 15.9 Å². The van der Waals surface area contributed by atoms with Gasteiger partial charge in [-0.3, -0.25) is 9.78 Å². The predicted molar refractivity (Wildman–Crippen MR) is 66.2 cm³/mol. The van der Waals surface area contributed by atoms with Gasteiger partial charge in [0.25, 0.3) is 5.91 Å². The molecule has 2 aromatic rings. The van der Waals surface area contributed by atoms with Gasteiger partial charge < -0.3 is 10.1 Å². The molecule has 0 aromatic carbocycles. The normalized spacial score (nSPS) is 9.83. The van der Waals surface area contributed by atoms with E-state index in [9.17, 15) is 4.79 Å². The van der Waals surface area contributed by atoms with E-state index >= 15 is 0 Å². The number of pyridine rings is 2. The molecule has 2 rings (SSSR count). The first-order chi connectivity index (χ1) is 8.79. The predicted octanol–water partition coefficient (Wildman–Crippen LogP) is 1.42. The molecule has 1 amide bonds. The zero-order valence-corrected chi connectivity index (χ0v) is 9.96. The van der Waals surface area contributed by atoms with Crippen molar-refractivity contribution in [2.24, 2.45) is 0 Å². The van der Waals surface area contributed by atoms with Gasteiger partial charge in [-0.25, -0.2) is 4.98 Å².